The van der Waals surface area contributed by atoms with Crippen molar-refractivity contribution < 1.29 is 9.90 Å². The molecule has 0 saturated carbocycles. The Morgan fingerprint density at radius 2 is 2.18 bits per heavy atom. The van der Waals surface area contributed by atoms with E-state index in [1.54, 1.807) is 12.1 Å². The zero-order valence-corrected chi connectivity index (χ0v) is 9.78. The van der Waals surface area contributed by atoms with Gasteiger partial charge in [-0.25, -0.2) is 0 Å². The second-order valence-corrected chi connectivity index (χ2v) is 4.40. The molecular weight excluding hydrogens is 216 g/mol. The largest absolute Gasteiger partial charge is 0.508 e. The first-order valence-corrected chi connectivity index (χ1v) is 6.02. The topological polar surface area (TPSA) is 61.4 Å². The molecule has 4 nitrogen and oxygen atoms in total. The third-order valence-corrected chi connectivity index (χ3v) is 3.08. The number of amides is 1. The van der Waals surface area contributed by atoms with Crippen LogP contribution in [-0.2, 0) is 11.2 Å². The molecular formula is C13H18N2O2. The lowest BCUT2D eigenvalue weighted by molar-refractivity contribution is -0.124. The lowest BCUT2D eigenvalue weighted by Gasteiger charge is -2.09. The van der Waals surface area contributed by atoms with Crippen molar-refractivity contribution in [3.8, 4) is 5.75 Å². The quantitative estimate of drug-likeness (QED) is 0.717. The maximum Gasteiger partial charge on any atom is 0.224 e. The predicted octanol–water partition coefficient (Wildman–Crippen LogP) is 0.660. The highest BCUT2D eigenvalue weighted by atomic mass is 16.3. The molecule has 0 bridgehead atoms. The summed E-state index contributed by atoms with van der Waals surface area (Å²) >= 11 is 0. The summed E-state index contributed by atoms with van der Waals surface area (Å²) in [4.78, 5) is 11.7. The van der Waals surface area contributed by atoms with Crippen LogP contribution in [0.25, 0.3) is 0 Å². The number of hydrogen-bond acceptors (Lipinski definition) is 3. The van der Waals surface area contributed by atoms with Crippen LogP contribution in [0.2, 0.25) is 0 Å². The number of phenols is 1. The van der Waals surface area contributed by atoms with E-state index in [2.05, 4.69) is 10.6 Å². The van der Waals surface area contributed by atoms with Crippen molar-refractivity contribution in [1.82, 2.24) is 10.6 Å². The second kappa shape index (κ2) is 5.68. The molecule has 1 unspecified atom stereocenters. The van der Waals surface area contributed by atoms with Crippen LogP contribution in [0.3, 0.4) is 0 Å². The highest BCUT2D eigenvalue weighted by Crippen LogP contribution is 2.10. The molecule has 1 aromatic rings. The minimum atomic E-state index is 0.134. The molecule has 92 valence electrons. The zero-order chi connectivity index (χ0) is 12.1. The number of rotatable bonds is 4. The van der Waals surface area contributed by atoms with Crippen LogP contribution in [0.1, 0.15) is 12.0 Å². The molecule has 0 radical (unpaired) electrons. The second-order valence-electron chi connectivity index (χ2n) is 4.40. The Kier molecular flexibility index (Phi) is 3.98. The van der Waals surface area contributed by atoms with Crippen molar-refractivity contribution >= 4 is 5.91 Å². The van der Waals surface area contributed by atoms with E-state index in [1.807, 2.05) is 12.1 Å². The maximum absolute atomic E-state index is 11.7. The molecule has 1 amide bonds. The first-order valence-electron chi connectivity index (χ1n) is 6.02. The summed E-state index contributed by atoms with van der Waals surface area (Å²) < 4.78 is 0. The van der Waals surface area contributed by atoms with Gasteiger partial charge in [0.15, 0.2) is 0 Å². The first kappa shape index (κ1) is 11.9. The molecule has 3 N–H and O–H groups in total. The third kappa shape index (κ3) is 3.46. The van der Waals surface area contributed by atoms with E-state index in [-0.39, 0.29) is 17.6 Å². The van der Waals surface area contributed by atoms with E-state index in [0.29, 0.717) is 6.54 Å². The summed E-state index contributed by atoms with van der Waals surface area (Å²) in [5.74, 6) is 0.554. The number of hydrogen-bond donors (Lipinski definition) is 3. The Balaban J connectivity index is 1.72. The molecule has 0 aromatic heterocycles. The summed E-state index contributed by atoms with van der Waals surface area (Å²) in [6, 6.07) is 7.08. The van der Waals surface area contributed by atoms with Crippen LogP contribution >= 0.6 is 0 Å². The zero-order valence-electron chi connectivity index (χ0n) is 9.78. The number of phenolic OH excluding ortho intramolecular Hbond substituents is 1. The van der Waals surface area contributed by atoms with Crippen LogP contribution in [0.15, 0.2) is 24.3 Å². The van der Waals surface area contributed by atoms with Gasteiger partial charge in [-0.3, -0.25) is 4.79 Å². The number of carbonyl (C=O) groups is 1. The third-order valence-electron chi connectivity index (χ3n) is 3.08. The van der Waals surface area contributed by atoms with Gasteiger partial charge in [0.2, 0.25) is 5.91 Å². The number of aromatic hydroxyl groups is 1. The van der Waals surface area contributed by atoms with Crippen molar-refractivity contribution in [2.45, 2.75) is 12.8 Å². The molecule has 1 aliphatic heterocycles. The van der Waals surface area contributed by atoms with Gasteiger partial charge in [0.05, 0.1) is 5.92 Å². The molecule has 4 heteroatoms. The number of carbonyl (C=O) groups excluding carboxylic acids is 1. The minimum Gasteiger partial charge on any atom is -0.508 e. The Labute approximate surface area is 101 Å². The summed E-state index contributed by atoms with van der Waals surface area (Å²) in [6.45, 7) is 2.39. The van der Waals surface area contributed by atoms with Crippen molar-refractivity contribution in [2.75, 3.05) is 19.6 Å². The Bertz CT molecular complexity index is 370. The Morgan fingerprint density at radius 1 is 1.41 bits per heavy atom. The van der Waals surface area contributed by atoms with Gasteiger partial charge in [0.1, 0.15) is 5.75 Å². The molecule has 2 rings (SSSR count). The van der Waals surface area contributed by atoms with Crippen molar-refractivity contribution in [3.05, 3.63) is 29.8 Å². The molecule has 1 atom stereocenters. The minimum absolute atomic E-state index is 0.134. The van der Waals surface area contributed by atoms with Gasteiger partial charge in [-0.1, -0.05) is 12.1 Å². The van der Waals surface area contributed by atoms with E-state index in [4.69, 9.17) is 5.11 Å². The van der Waals surface area contributed by atoms with Crippen molar-refractivity contribution in [2.24, 2.45) is 5.92 Å². The monoisotopic (exact) mass is 234 g/mol. The molecule has 1 aromatic carbocycles. The Morgan fingerprint density at radius 3 is 2.82 bits per heavy atom. The van der Waals surface area contributed by atoms with Crippen molar-refractivity contribution in [3.63, 3.8) is 0 Å². The summed E-state index contributed by atoms with van der Waals surface area (Å²) in [7, 11) is 0. The van der Waals surface area contributed by atoms with Crippen LogP contribution in [0.4, 0.5) is 0 Å². The van der Waals surface area contributed by atoms with E-state index < -0.39 is 0 Å². The van der Waals surface area contributed by atoms with Crippen LogP contribution in [0, 0.1) is 5.92 Å². The molecule has 1 heterocycles. The van der Waals surface area contributed by atoms with Gasteiger partial charge in [-0.2, -0.15) is 0 Å². The fourth-order valence-corrected chi connectivity index (χ4v) is 2.02. The molecule has 0 spiro atoms. The van der Waals surface area contributed by atoms with Gasteiger partial charge in [-0.05, 0) is 37.1 Å². The maximum atomic E-state index is 11.7. The lowest BCUT2D eigenvalue weighted by atomic mass is 10.1. The number of benzene rings is 1. The van der Waals surface area contributed by atoms with Gasteiger partial charge in [0, 0.05) is 13.1 Å². The number of nitrogens with one attached hydrogen (secondary N) is 2. The highest BCUT2D eigenvalue weighted by Gasteiger charge is 2.21. The van der Waals surface area contributed by atoms with Crippen LogP contribution < -0.4 is 10.6 Å². The molecule has 1 saturated heterocycles. The fourth-order valence-electron chi connectivity index (χ4n) is 2.02. The average molecular weight is 234 g/mol. The normalized spacial score (nSPS) is 19.2. The van der Waals surface area contributed by atoms with Gasteiger partial charge < -0.3 is 15.7 Å². The van der Waals surface area contributed by atoms with Gasteiger partial charge in [0.25, 0.3) is 0 Å². The van der Waals surface area contributed by atoms with Crippen LogP contribution in [0.5, 0.6) is 5.75 Å². The van der Waals surface area contributed by atoms with Gasteiger partial charge >= 0.3 is 0 Å². The highest BCUT2D eigenvalue weighted by molar-refractivity contribution is 5.79. The summed E-state index contributed by atoms with van der Waals surface area (Å²) in [5.41, 5.74) is 1.12. The molecule has 1 fully saturated rings. The van der Waals surface area contributed by atoms with Crippen molar-refractivity contribution in [1.29, 1.82) is 0 Å². The fraction of sp³-hybridized carbons (Fsp3) is 0.462. The molecule has 0 aliphatic carbocycles. The summed E-state index contributed by atoms with van der Waals surface area (Å²) in [5, 5.41) is 15.3. The first-order chi connectivity index (χ1) is 8.25. The van der Waals surface area contributed by atoms with E-state index in [0.717, 1.165) is 31.5 Å². The predicted molar refractivity (Wildman–Crippen MR) is 65.8 cm³/mol. The summed E-state index contributed by atoms with van der Waals surface area (Å²) in [6.07, 6.45) is 1.73. The SMILES string of the molecule is O=C(NCCc1ccc(O)cc1)C1CCNC1. The van der Waals surface area contributed by atoms with E-state index in [9.17, 15) is 4.79 Å². The molecule has 1 aliphatic rings. The van der Waals surface area contributed by atoms with Crippen LogP contribution in [-0.4, -0.2) is 30.6 Å². The molecule has 17 heavy (non-hydrogen) atoms. The smallest absolute Gasteiger partial charge is 0.224 e. The average Bonchev–Trinajstić information content (AvgIpc) is 2.85. The Hall–Kier alpha value is -1.55. The van der Waals surface area contributed by atoms with E-state index >= 15 is 0 Å². The van der Waals surface area contributed by atoms with Gasteiger partial charge in [-0.15, -0.1) is 0 Å². The standard InChI is InChI=1S/C13H18N2O2/c16-12-3-1-10(2-4-12)5-8-15-13(17)11-6-7-14-9-11/h1-4,11,14,16H,5-9H2,(H,15,17). The lowest BCUT2D eigenvalue weighted by Crippen LogP contribution is -2.33. The van der Waals surface area contributed by atoms with E-state index in [1.165, 1.54) is 0 Å².